The predicted octanol–water partition coefficient (Wildman–Crippen LogP) is 2.48. The summed E-state index contributed by atoms with van der Waals surface area (Å²) in [6.07, 6.45) is 0. The Hall–Kier alpha value is -3.89. The molecule has 0 saturated carbocycles. The second-order valence-electron chi connectivity index (χ2n) is 8.08. The minimum atomic E-state index is -2.92. The molecule has 34 heavy (non-hydrogen) atoms. The zero-order valence-electron chi connectivity index (χ0n) is 18.5. The van der Waals surface area contributed by atoms with E-state index in [-0.39, 0.29) is 12.3 Å². The molecule has 11 heteroatoms. The summed E-state index contributed by atoms with van der Waals surface area (Å²) in [6, 6.07) is 10.1. The monoisotopic (exact) mass is 475 g/mol. The van der Waals surface area contributed by atoms with E-state index in [1.54, 1.807) is 37.3 Å². The molecule has 1 saturated heterocycles. The summed E-state index contributed by atoms with van der Waals surface area (Å²) in [5.74, 6) is 0.00170. The summed E-state index contributed by atoms with van der Waals surface area (Å²) in [5, 5.41) is 2.66. The molecule has 1 unspecified atom stereocenters. The zero-order chi connectivity index (χ0) is 24.5. The van der Waals surface area contributed by atoms with Crippen LogP contribution < -0.4 is 19.5 Å². The molecule has 4 rings (SSSR count). The van der Waals surface area contributed by atoms with Crippen molar-refractivity contribution >= 4 is 17.8 Å². The summed E-state index contributed by atoms with van der Waals surface area (Å²) < 4.78 is 39.9. The number of ether oxygens (including phenoxy) is 3. The quantitative estimate of drug-likeness (QED) is 0.618. The number of hydrogen-bond acceptors (Lipinski definition) is 6. The maximum absolute atomic E-state index is 13.2. The van der Waals surface area contributed by atoms with Crippen LogP contribution in [0.15, 0.2) is 42.5 Å². The molecule has 2 aliphatic rings. The van der Waals surface area contributed by atoms with Crippen LogP contribution in [0.4, 0.5) is 13.6 Å². The average molecular weight is 475 g/mol. The zero-order valence-corrected chi connectivity index (χ0v) is 18.5. The highest BCUT2D eigenvalue weighted by atomic mass is 19.3. The molecule has 9 nitrogen and oxygen atoms in total. The van der Waals surface area contributed by atoms with Gasteiger partial charge in [-0.2, -0.15) is 8.78 Å². The lowest BCUT2D eigenvalue weighted by Gasteiger charge is -2.25. The van der Waals surface area contributed by atoms with Gasteiger partial charge in [0.25, 0.3) is 5.91 Å². The highest BCUT2D eigenvalue weighted by Gasteiger charge is 2.50. The van der Waals surface area contributed by atoms with E-state index >= 15 is 0 Å². The van der Waals surface area contributed by atoms with Crippen molar-refractivity contribution in [3.63, 3.8) is 0 Å². The lowest BCUT2D eigenvalue weighted by atomic mass is 9.91. The molecular weight excluding hydrogens is 452 g/mol. The number of benzene rings is 2. The summed E-state index contributed by atoms with van der Waals surface area (Å²) in [6.45, 7) is -0.855. The first kappa shape index (κ1) is 23.3. The highest BCUT2D eigenvalue weighted by Crippen LogP contribution is 2.36. The molecular formula is C23H23F2N3O6. The molecule has 2 aromatic carbocycles. The van der Waals surface area contributed by atoms with Crippen molar-refractivity contribution in [2.75, 3.05) is 26.8 Å². The van der Waals surface area contributed by atoms with Crippen molar-refractivity contribution in [2.24, 2.45) is 0 Å². The number of carbonyl (C=O) groups excluding carboxylic acids is 3. The molecule has 1 N–H and O–H groups in total. The van der Waals surface area contributed by atoms with Crippen molar-refractivity contribution in [3.8, 4) is 17.2 Å². The Labute approximate surface area is 194 Å². The van der Waals surface area contributed by atoms with Crippen molar-refractivity contribution in [3.05, 3.63) is 53.6 Å². The number of amides is 4. The highest BCUT2D eigenvalue weighted by molar-refractivity contribution is 6.09. The number of nitrogens with zero attached hydrogens (tertiary/aromatic N) is 2. The van der Waals surface area contributed by atoms with E-state index in [0.717, 1.165) is 4.90 Å². The van der Waals surface area contributed by atoms with Gasteiger partial charge in [0, 0.05) is 13.6 Å². The fourth-order valence-electron chi connectivity index (χ4n) is 3.78. The molecule has 0 spiro atoms. The number of likely N-dealkylation sites (N-methyl/N-ethyl adjacent to an activating group) is 1. The van der Waals surface area contributed by atoms with Gasteiger partial charge in [-0.3, -0.25) is 14.5 Å². The fraction of sp³-hybridized carbons (Fsp3) is 0.348. The van der Waals surface area contributed by atoms with E-state index in [1.807, 2.05) is 0 Å². The number of nitrogens with one attached hydrogen (secondary N) is 1. The third-order valence-corrected chi connectivity index (χ3v) is 5.68. The van der Waals surface area contributed by atoms with Crippen molar-refractivity contribution in [1.82, 2.24) is 15.1 Å². The molecule has 4 amide bonds. The van der Waals surface area contributed by atoms with E-state index in [2.05, 4.69) is 10.1 Å². The summed E-state index contributed by atoms with van der Waals surface area (Å²) in [4.78, 5) is 40.7. The maximum Gasteiger partial charge on any atom is 0.387 e. The lowest BCUT2D eigenvalue weighted by molar-refractivity contribution is -0.138. The first-order valence-corrected chi connectivity index (χ1v) is 10.5. The number of carbonyl (C=O) groups is 3. The summed E-state index contributed by atoms with van der Waals surface area (Å²) in [7, 11) is 1.52. The third kappa shape index (κ3) is 4.59. The molecule has 180 valence electrons. The van der Waals surface area contributed by atoms with Crippen LogP contribution in [-0.4, -0.2) is 61.1 Å². The fourth-order valence-corrected chi connectivity index (χ4v) is 3.78. The van der Waals surface area contributed by atoms with Crippen LogP contribution in [0.2, 0.25) is 0 Å². The Morgan fingerprint density at radius 1 is 1.15 bits per heavy atom. The van der Waals surface area contributed by atoms with Gasteiger partial charge in [-0.1, -0.05) is 18.2 Å². The van der Waals surface area contributed by atoms with Crippen molar-refractivity contribution in [2.45, 2.75) is 25.6 Å². The maximum atomic E-state index is 13.2. The molecule has 2 aliphatic heterocycles. The normalized spacial score (nSPS) is 19.3. The van der Waals surface area contributed by atoms with Gasteiger partial charge >= 0.3 is 12.6 Å². The molecule has 0 aliphatic carbocycles. The van der Waals surface area contributed by atoms with Gasteiger partial charge in [0.1, 0.15) is 31.0 Å². The van der Waals surface area contributed by atoms with Crippen LogP contribution >= 0.6 is 0 Å². The van der Waals surface area contributed by atoms with Gasteiger partial charge in [-0.25, -0.2) is 4.79 Å². The summed E-state index contributed by atoms with van der Waals surface area (Å²) in [5.41, 5.74) is -0.202. The summed E-state index contributed by atoms with van der Waals surface area (Å²) >= 11 is 0. The minimum absolute atomic E-state index is 0.00508. The third-order valence-electron chi connectivity index (χ3n) is 5.68. The Bertz CT molecular complexity index is 1110. The predicted molar refractivity (Wildman–Crippen MR) is 115 cm³/mol. The van der Waals surface area contributed by atoms with Gasteiger partial charge in [-0.15, -0.1) is 0 Å². The van der Waals surface area contributed by atoms with Crippen LogP contribution in [0.1, 0.15) is 18.1 Å². The first-order chi connectivity index (χ1) is 16.2. The number of rotatable bonds is 7. The second-order valence-corrected chi connectivity index (χ2v) is 8.08. The van der Waals surface area contributed by atoms with E-state index in [9.17, 15) is 23.2 Å². The number of urea groups is 1. The average Bonchev–Trinajstić information content (AvgIpc) is 3.03. The first-order valence-electron chi connectivity index (χ1n) is 10.5. The van der Waals surface area contributed by atoms with Crippen LogP contribution in [0, 0.1) is 0 Å². The molecule has 0 aromatic heterocycles. The van der Waals surface area contributed by atoms with Gasteiger partial charge in [-0.05, 0) is 42.3 Å². The molecule has 2 heterocycles. The molecule has 1 fully saturated rings. The van der Waals surface area contributed by atoms with Crippen LogP contribution in [0.5, 0.6) is 17.2 Å². The Kier molecular flexibility index (Phi) is 6.27. The molecule has 2 aromatic rings. The van der Waals surface area contributed by atoms with Crippen LogP contribution in [0.3, 0.4) is 0 Å². The molecule has 1 atom stereocenters. The Balaban J connectivity index is 1.42. The largest absolute Gasteiger partial charge is 0.486 e. The van der Waals surface area contributed by atoms with E-state index in [1.165, 1.54) is 24.1 Å². The van der Waals surface area contributed by atoms with Gasteiger partial charge in [0.15, 0.2) is 11.5 Å². The van der Waals surface area contributed by atoms with Gasteiger partial charge in [0.2, 0.25) is 5.91 Å². The van der Waals surface area contributed by atoms with E-state index in [0.29, 0.717) is 35.8 Å². The van der Waals surface area contributed by atoms with E-state index in [4.69, 9.17) is 9.47 Å². The van der Waals surface area contributed by atoms with Crippen LogP contribution in [-0.2, 0) is 21.7 Å². The van der Waals surface area contributed by atoms with Crippen molar-refractivity contribution in [1.29, 1.82) is 0 Å². The molecule has 0 radical (unpaired) electrons. The number of fused-ring (bicyclic) bond motifs is 1. The van der Waals surface area contributed by atoms with Gasteiger partial charge in [0.05, 0.1) is 0 Å². The Morgan fingerprint density at radius 3 is 2.50 bits per heavy atom. The lowest BCUT2D eigenvalue weighted by Crippen LogP contribution is -2.43. The van der Waals surface area contributed by atoms with Crippen LogP contribution in [0.25, 0.3) is 0 Å². The SMILES string of the molecule is CN(Cc1ccc(OC(F)F)cc1)C(=O)CN1C(=O)NC(C)(c2ccc3c(c2)OCCO3)C1=O. The number of hydrogen-bond donors (Lipinski definition) is 1. The van der Waals surface area contributed by atoms with E-state index < -0.39 is 36.5 Å². The number of halogens is 2. The minimum Gasteiger partial charge on any atom is -0.486 e. The number of alkyl halides is 2. The standard InChI is InChI=1S/C23H23F2N3O6/c1-23(15-5-8-17-18(11-15)33-10-9-32-17)20(30)28(22(31)26-23)13-19(29)27(2)12-14-3-6-16(7-4-14)34-21(24)25/h3-8,11,21H,9-10,12-13H2,1-2H3,(H,26,31). The second kappa shape index (κ2) is 9.16. The topological polar surface area (TPSA) is 97.4 Å². The number of imide groups is 1. The smallest absolute Gasteiger partial charge is 0.387 e. The molecule has 0 bridgehead atoms. The van der Waals surface area contributed by atoms with Crippen molar-refractivity contribution < 1.29 is 37.4 Å². The Morgan fingerprint density at radius 2 is 1.82 bits per heavy atom. The van der Waals surface area contributed by atoms with Gasteiger partial charge < -0.3 is 24.4 Å².